The fourth-order valence-corrected chi connectivity index (χ4v) is 5.57. The van der Waals surface area contributed by atoms with Gasteiger partial charge < -0.3 is 11.1 Å². The Hall–Kier alpha value is -0.670. The lowest BCUT2D eigenvalue weighted by Gasteiger charge is -2.22. The van der Waals surface area contributed by atoms with Crippen molar-refractivity contribution in [1.29, 1.82) is 0 Å². The summed E-state index contributed by atoms with van der Waals surface area (Å²) in [5.74, 6) is -0.227. The molecule has 1 aliphatic heterocycles. The van der Waals surface area contributed by atoms with E-state index >= 15 is 0 Å². The first kappa shape index (κ1) is 20.4. The maximum absolute atomic E-state index is 12.7. The van der Waals surface area contributed by atoms with E-state index in [1.807, 2.05) is 13.8 Å². The third-order valence-corrected chi connectivity index (χ3v) is 7.06. The van der Waals surface area contributed by atoms with Gasteiger partial charge in [0.05, 0.1) is 0 Å². The number of nitrogens with one attached hydrogen (secondary N) is 1. The van der Waals surface area contributed by atoms with Crippen LogP contribution in [-0.2, 0) is 14.8 Å². The highest BCUT2D eigenvalue weighted by Gasteiger charge is 2.39. The molecule has 23 heavy (non-hydrogen) atoms. The van der Waals surface area contributed by atoms with Crippen LogP contribution < -0.4 is 11.1 Å². The number of carbonyl (C=O) groups is 1. The van der Waals surface area contributed by atoms with Gasteiger partial charge in [0.2, 0.25) is 5.91 Å². The van der Waals surface area contributed by atoms with Crippen molar-refractivity contribution in [2.75, 3.05) is 13.1 Å². The summed E-state index contributed by atoms with van der Waals surface area (Å²) >= 11 is 1.24. The van der Waals surface area contributed by atoms with Crippen LogP contribution in [0, 0.1) is 6.92 Å². The highest BCUT2D eigenvalue weighted by atomic mass is 35.5. The smallest absolute Gasteiger partial charge is 0.253 e. The lowest BCUT2D eigenvalue weighted by Crippen LogP contribution is -2.46. The molecule has 2 atom stereocenters. The second-order valence-electron chi connectivity index (χ2n) is 5.70. The van der Waals surface area contributed by atoms with Crippen molar-refractivity contribution in [3.05, 3.63) is 17.0 Å². The predicted octanol–water partition coefficient (Wildman–Crippen LogP) is 1.48. The van der Waals surface area contributed by atoms with E-state index in [0.717, 1.165) is 4.88 Å². The van der Waals surface area contributed by atoms with Crippen molar-refractivity contribution in [1.82, 2.24) is 9.62 Å². The SMILES string of the molecule is Cc1ccc(S(=O)(=O)N2CCCC2C(=O)NCCC(C)N)s1.Cl. The minimum Gasteiger partial charge on any atom is -0.355 e. The molecule has 2 rings (SSSR count). The molecule has 2 unspecified atom stereocenters. The molecule has 3 N–H and O–H groups in total. The predicted molar refractivity (Wildman–Crippen MR) is 94.5 cm³/mol. The van der Waals surface area contributed by atoms with Gasteiger partial charge in [-0.2, -0.15) is 4.31 Å². The summed E-state index contributed by atoms with van der Waals surface area (Å²) in [6.45, 7) is 4.60. The Morgan fingerprint density at radius 1 is 1.52 bits per heavy atom. The van der Waals surface area contributed by atoms with Crippen LogP contribution in [0.25, 0.3) is 0 Å². The van der Waals surface area contributed by atoms with Crippen molar-refractivity contribution in [3.8, 4) is 0 Å². The third-order valence-electron chi connectivity index (χ3n) is 3.68. The molecule has 2 heterocycles. The normalized spacial score (nSPS) is 20.0. The summed E-state index contributed by atoms with van der Waals surface area (Å²) in [6.07, 6.45) is 1.94. The average molecular weight is 382 g/mol. The van der Waals surface area contributed by atoms with Gasteiger partial charge in [-0.05, 0) is 45.2 Å². The molecule has 0 aromatic carbocycles. The first-order chi connectivity index (χ1) is 10.3. The highest BCUT2D eigenvalue weighted by molar-refractivity contribution is 7.91. The van der Waals surface area contributed by atoms with E-state index in [1.54, 1.807) is 12.1 Å². The van der Waals surface area contributed by atoms with Gasteiger partial charge in [0.25, 0.3) is 10.0 Å². The Bertz CT molecular complexity index is 631. The van der Waals surface area contributed by atoms with Gasteiger partial charge in [0.15, 0.2) is 0 Å². The largest absolute Gasteiger partial charge is 0.355 e. The van der Waals surface area contributed by atoms with Crippen molar-refractivity contribution in [2.45, 2.75) is 49.4 Å². The van der Waals surface area contributed by atoms with Crippen molar-refractivity contribution in [3.63, 3.8) is 0 Å². The van der Waals surface area contributed by atoms with E-state index < -0.39 is 16.1 Å². The number of nitrogens with two attached hydrogens (primary N) is 1. The van der Waals surface area contributed by atoms with Crippen LogP contribution in [0.3, 0.4) is 0 Å². The first-order valence-electron chi connectivity index (χ1n) is 7.44. The van der Waals surface area contributed by atoms with Gasteiger partial charge in [-0.1, -0.05) is 0 Å². The highest BCUT2D eigenvalue weighted by Crippen LogP contribution is 2.30. The van der Waals surface area contributed by atoms with E-state index in [1.165, 1.54) is 15.6 Å². The maximum atomic E-state index is 12.7. The van der Waals surface area contributed by atoms with E-state index in [0.29, 0.717) is 36.6 Å². The third kappa shape index (κ3) is 4.90. The summed E-state index contributed by atoms with van der Waals surface area (Å²) < 4.78 is 27.0. The second-order valence-corrected chi connectivity index (χ2v) is 9.10. The molecule has 0 radical (unpaired) electrons. The molecule has 6 nitrogen and oxygen atoms in total. The number of rotatable bonds is 6. The quantitative estimate of drug-likeness (QED) is 0.780. The number of sulfonamides is 1. The Kier molecular flexibility index (Phi) is 7.47. The molecule has 1 aromatic rings. The van der Waals surface area contributed by atoms with Crippen molar-refractivity contribution < 1.29 is 13.2 Å². The van der Waals surface area contributed by atoms with Crippen molar-refractivity contribution in [2.24, 2.45) is 5.73 Å². The van der Waals surface area contributed by atoms with Crippen molar-refractivity contribution >= 4 is 39.7 Å². The lowest BCUT2D eigenvalue weighted by molar-refractivity contribution is -0.124. The van der Waals surface area contributed by atoms with Gasteiger partial charge in [0.1, 0.15) is 10.3 Å². The molecule has 1 saturated heterocycles. The van der Waals surface area contributed by atoms with E-state index in [-0.39, 0.29) is 24.4 Å². The molecular weight excluding hydrogens is 358 g/mol. The average Bonchev–Trinajstić information content (AvgIpc) is 3.06. The number of hydrogen-bond acceptors (Lipinski definition) is 5. The number of hydrogen-bond donors (Lipinski definition) is 2. The molecular formula is C14H24ClN3O3S2. The molecule has 132 valence electrons. The zero-order chi connectivity index (χ0) is 16.3. The topological polar surface area (TPSA) is 92.5 Å². The summed E-state index contributed by atoms with van der Waals surface area (Å²) in [7, 11) is -3.59. The van der Waals surface area contributed by atoms with E-state index in [2.05, 4.69) is 5.32 Å². The number of aryl methyl sites for hydroxylation is 1. The summed E-state index contributed by atoms with van der Waals surface area (Å²) in [5.41, 5.74) is 5.65. The van der Waals surface area contributed by atoms with E-state index in [4.69, 9.17) is 5.73 Å². The monoisotopic (exact) mass is 381 g/mol. The summed E-state index contributed by atoms with van der Waals surface area (Å²) in [5, 5.41) is 2.79. The van der Waals surface area contributed by atoms with E-state index in [9.17, 15) is 13.2 Å². The molecule has 1 amide bonds. The molecule has 9 heteroatoms. The Labute approximate surface area is 147 Å². The Morgan fingerprint density at radius 3 is 2.78 bits per heavy atom. The van der Waals surface area contributed by atoms with Gasteiger partial charge in [-0.25, -0.2) is 8.42 Å². The van der Waals surface area contributed by atoms with Gasteiger partial charge in [-0.15, -0.1) is 23.7 Å². The molecule has 0 spiro atoms. The Morgan fingerprint density at radius 2 is 2.22 bits per heavy atom. The second kappa shape index (κ2) is 8.43. The zero-order valence-electron chi connectivity index (χ0n) is 13.3. The van der Waals surface area contributed by atoms with Crippen LogP contribution in [0.1, 0.15) is 31.1 Å². The molecule has 1 aromatic heterocycles. The number of carbonyl (C=O) groups excluding carboxylic acids is 1. The minimum absolute atomic E-state index is 0. The number of thiophene rings is 1. The van der Waals surface area contributed by atoms with Gasteiger partial charge in [0, 0.05) is 24.0 Å². The molecule has 1 aliphatic rings. The zero-order valence-corrected chi connectivity index (χ0v) is 15.8. The van der Waals surface area contributed by atoms with Gasteiger partial charge in [-0.3, -0.25) is 4.79 Å². The standard InChI is InChI=1S/C14H23N3O3S2.ClH/c1-10(15)7-8-16-14(18)12-4-3-9-17(12)22(19,20)13-6-5-11(2)21-13;/h5-6,10,12H,3-4,7-9,15H2,1-2H3,(H,16,18);1H. The fourth-order valence-electron chi connectivity index (χ4n) is 2.50. The molecule has 0 saturated carbocycles. The first-order valence-corrected chi connectivity index (χ1v) is 9.69. The molecule has 1 fully saturated rings. The van der Waals surface area contributed by atoms with Crippen LogP contribution in [0.4, 0.5) is 0 Å². The fraction of sp³-hybridized carbons (Fsp3) is 0.643. The lowest BCUT2D eigenvalue weighted by atomic mass is 10.2. The number of halogens is 1. The van der Waals surface area contributed by atoms with Crippen LogP contribution >= 0.6 is 23.7 Å². The van der Waals surface area contributed by atoms with Crippen LogP contribution in [-0.4, -0.2) is 43.8 Å². The van der Waals surface area contributed by atoms with Crippen LogP contribution in [0.15, 0.2) is 16.3 Å². The number of nitrogens with zero attached hydrogens (tertiary/aromatic N) is 1. The molecule has 0 aliphatic carbocycles. The maximum Gasteiger partial charge on any atom is 0.253 e. The minimum atomic E-state index is -3.59. The molecule has 0 bridgehead atoms. The number of amides is 1. The summed E-state index contributed by atoms with van der Waals surface area (Å²) in [4.78, 5) is 13.2. The van der Waals surface area contributed by atoms with Crippen LogP contribution in [0.5, 0.6) is 0 Å². The summed E-state index contributed by atoms with van der Waals surface area (Å²) in [6, 6.07) is 2.79. The Balaban J connectivity index is 0.00000264. The van der Waals surface area contributed by atoms with Gasteiger partial charge >= 0.3 is 0 Å². The van der Waals surface area contributed by atoms with Crippen LogP contribution in [0.2, 0.25) is 0 Å².